The molecule has 1 heterocycles. The minimum absolute atomic E-state index is 0.240. The molecule has 0 radical (unpaired) electrons. The van der Waals surface area contributed by atoms with E-state index < -0.39 is 0 Å². The first-order chi connectivity index (χ1) is 8.65. The molecule has 0 atom stereocenters. The van der Waals surface area contributed by atoms with E-state index in [1.165, 1.54) is 0 Å². The molecule has 0 aliphatic rings. The molecule has 0 aliphatic carbocycles. The zero-order valence-electron chi connectivity index (χ0n) is 9.74. The molecular formula is C14H11BrN2O. The predicted molar refractivity (Wildman–Crippen MR) is 75.6 cm³/mol. The summed E-state index contributed by atoms with van der Waals surface area (Å²) in [5.74, 6) is 1.05. The van der Waals surface area contributed by atoms with Gasteiger partial charge in [0.1, 0.15) is 11.6 Å². The van der Waals surface area contributed by atoms with Gasteiger partial charge in [-0.25, -0.2) is 4.98 Å². The molecule has 0 saturated carbocycles. The number of H-pyrrole nitrogens is 1. The Balaban J connectivity index is 2.22. The van der Waals surface area contributed by atoms with Crippen LogP contribution < -0.4 is 0 Å². The summed E-state index contributed by atoms with van der Waals surface area (Å²) in [5.41, 5.74) is 3.88. The average molecular weight is 303 g/mol. The molecule has 0 spiro atoms. The van der Waals surface area contributed by atoms with Gasteiger partial charge in [0.25, 0.3) is 0 Å². The van der Waals surface area contributed by atoms with E-state index in [1.54, 1.807) is 18.2 Å². The lowest BCUT2D eigenvalue weighted by Gasteiger charge is -2.03. The number of aromatic hydroxyl groups is 1. The van der Waals surface area contributed by atoms with E-state index in [2.05, 4.69) is 25.9 Å². The van der Waals surface area contributed by atoms with Gasteiger partial charge in [0.2, 0.25) is 0 Å². The Morgan fingerprint density at radius 1 is 1.22 bits per heavy atom. The zero-order chi connectivity index (χ0) is 12.7. The van der Waals surface area contributed by atoms with Gasteiger partial charge >= 0.3 is 0 Å². The van der Waals surface area contributed by atoms with E-state index in [-0.39, 0.29) is 5.75 Å². The third-order valence-electron chi connectivity index (χ3n) is 2.99. The van der Waals surface area contributed by atoms with Gasteiger partial charge in [0.05, 0.1) is 11.0 Å². The van der Waals surface area contributed by atoms with Crippen LogP contribution in [0.2, 0.25) is 0 Å². The van der Waals surface area contributed by atoms with E-state index in [9.17, 15) is 5.11 Å². The summed E-state index contributed by atoms with van der Waals surface area (Å²) in [7, 11) is 0. The molecule has 3 rings (SSSR count). The lowest BCUT2D eigenvalue weighted by molar-refractivity contribution is 0.476. The minimum atomic E-state index is 0.240. The Morgan fingerprint density at radius 2 is 2.06 bits per heavy atom. The van der Waals surface area contributed by atoms with E-state index in [0.717, 1.165) is 32.5 Å². The van der Waals surface area contributed by atoms with Crippen molar-refractivity contribution >= 4 is 27.0 Å². The van der Waals surface area contributed by atoms with Gasteiger partial charge in [-0.1, -0.05) is 28.1 Å². The highest BCUT2D eigenvalue weighted by Gasteiger charge is 2.09. The number of phenols is 1. The minimum Gasteiger partial charge on any atom is -0.508 e. The molecule has 0 unspecified atom stereocenters. The number of aromatic nitrogens is 2. The highest BCUT2D eigenvalue weighted by Crippen LogP contribution is 2.29. The third-order valence-corrected chi connectivity index (χ3v) is 3.85. The molecule has 18 heavy (non-hydrogen) atoms. The van der Waals surface area contributed by atoms with Crippen LogP contribution in [0.25, 0.3) is 22.4 Å². The lowest BCUT2D eigenvalue weighted by atomic mass is 10.1. The van der Waals surface area contributed by atoms with Crippen molar-refractivity contribution in [2.75, 3.05) is 0 Å². The fourth-order valence-corrected chi connectivity index (χ4v) is 2.36. The second kappa shape index (κ2) is 4.14. The number of imidazole rings is 1. The third kappa shape index (κ3) is 1.78. The smallest absolute Gasteiger partial charge is 0.138 e. The van der Waals surface area contributed by atoms with Crippen molar-refractivity contribution in [1.29, 1.82) is 0 Å². The maximum atomic E-state index is 9.45. The molecule has 2 N–H and O–H groups in total. The summed E-state index contributed by atoms with van der Waals surface area (Å²) < 4.78 is 1.06. The quantitative estimate of drug-likeness (QED) is 0.713. The second-order valence-electron chi connectivity index (χ2n) is 4.20. The predicted octanol–water partition coefficient (Wildman–Crippen LogP) is 4.01. The van der Waals surface area contributed by atoms with Crippen molar-refractivity contribution in [3.05, 3.63) is 46.4 Å². The van der Waals surface area contributed by atoms with Crippen molar-refractivity contribution in [2.24, 2.45) is 0 Å². The van der Waals surface area contributed by atoms with Crippen LogP contribution in [0.3, 0.4) is 0 Å². The highest BCUT2D eigenvalue weighted by atomic mass is 79.9. The number of rotatable bonds is 1. The van der Waals surface area contributed by atoms with Crippen LogP contribution in [-0.4, -0.2) is 15.1 Å². The number of fused-ring (bicyclic) bond motifs is 1. The second-order valence-corrected chi connectivity index (χ2v) is 5.05. The van der Waals surface area contributed by atoms with Gasteiger partial charge in [-0.05, 0) is 30.7 Å². The van der Waals surface area contributed by atoms with Crippen LogP contribution in [0.1, 0.15) is 5.56 Å². The Kier molecular flexibility index (Phi) is 2.59. The van der Waals surface area contributed by atoms with Crippen molar-refractivity contribution in [3.8, 4) is 17.1 Å². The molecule has 0 saturated heterocycles. The van der Waals surface area contributed by atoms with Crippen LogP contribution in [0.15, 0.2) is 40.9 Å². The summed E-state index contributed by atoms with van der Waals surface area (Å²) in [5, 5.41) is 9.45. The first-order valence-corrected chi connectivity index (χ1v) is 6.38. The molecule has 0 fully saturated rings. The van der Waals surface area contributed by atoms with E-state index >= 15 is 0 Å². The lowest BCUT2D eigenvalue weighted by Crippen LogP contribution is -1.86. The largest absolute Gasteiger partial charge is 0.508 e. The molecule has 0 bridgehead atoms. The number of nitrogens with zero attached hydrogens (tertiary/aromatic N) is 1. The van der Waals surface area contributed by atoms with Crippen LogP contribution in [0.4, 0.5) is 0 Å². The van der Waals surface area contributed by atoms with E-state index in [4.69, 9.17) is 0 Å². The number of nitrogens with one attached hydrogen (secondary N) is 1. The monoisotopic (exact) mass is 302 g/mol. The van der Waals surface area contributed by atoms with Crippen molar-refractivity contribution in [1.82, 2.24) is 9.97 Å². The van der Waals surface area contributed by atoms with Crippen molar-refractivity contribution < 1.29 is 5.11 Å². The molecule has 3 aromatic rings. The van der Waals surface area contributed by atoms with Crippen molar-refractivity contribution in [2.45, 2.75) is 6.92 Å². The molecule has 2 aromatic carbocycles. The Bertz CT molecular complexity index is 734. The topological polar surface area (TPSA) is 48.9 Å². The fraction of sp³-hybridized carbons (Fsp3) is 0.0714. The molecule has 4 heteroatoms. The number of hydrogen-bond donors (Lipinski definition) is 2. The fourth-order valence-electron chi connectivity index (χ4n) is 1.99. The van der Waals surface area contributed by atoms with Gasteiger partial charge in [0.15, 0.2) is 0 Å². The SMILES string of the molecule is Cc1c(Br)cccc1-c1nc2ccc(O)cc2[nH]1. The summed E-state index contributed by atoms with van der Waals surface area (Å²) in [6, 6.07) is 11.1. The molecular weight excluding hydrogens is 292 g/mol. The number of phenolic OH excluding ortho intramolecular Hbond substituents is 1. The molecule has 0 amide bonds. The van der Waals surface area contributed by atoms with Gasteiger partial charge in [-0.15, -0.1) is 0 Å². The first-order valence-electron chi connectivity index (χ1n) is 5.59. The van der Waals surface area contributed by atoms with E-state index in [0.29, 0.717) is 0 Å². The highest BCUT2D eigenvalue weighted by molar-refractivity contribution is 9.10. The number of benzene rings is 2. The van der Waals surface area contributed by atoms with Gasteiger partial charge in [-0.2, -0.15) is 0 Å². The molecule has 3 nitrogen and oxygen atoms in total. The summed E-state index contributed by atoms with van der Waals surface area (Å²) in [4.78, 5) is 7.77. The molecule has 90 valence electrons. The summed E-state index contributed by atoms with van der Waals surface area (Å²) in [6.07, 6.45) is 0. The van der Waals surface area contributed by atoms with Crippen LogP contribution in [0, 0.1) is 6.92 Å². The molecule has 1 aromatic heterocycles. The summed E-state index contributed by atoms with van der Waals surface area (Å²) in [6.45, 7) is 2.05. The van der Waals surface area contributed by atoms with Crippen LogP contribution in [-0.2, 0) is 0 Å². The summed E-state index contributed by atoms with van der Waals surface area (Å²) >= 11 is 3.52. The number of halogens is 1. The number of hydrogen-bond acceptors (Lipinski definition) is 2. The van der Waals surface area contributed by atoms with Crippen LogP contribution >= 0.6 is 15.9 Å². The Labute approximate surface area is 113 Å². The Morgan fingerprint density at radius 3 is 2.89 bits per heavy atom. The standard InChI is InChI=1S/C14H11BrN2O/c1-8-10(3-2-4-11(8)15)14-16-12-6-5-9(18)7-13(12)17-14/h2-7,18H,1H3,(H,16,17). The van der Waals surface area contributed by atoms with Gasteiger partial charge < -0.3 is 10.1 Å². The Hall–Kier alpha value is -1.81. The van der Waals surface area contributed by atoms with Gasteiger partial charge in [-0.3, -0.25) is 0 Å². The normalized spacial score (nSPS) is 11.0. The average Bonchev–Trinajstić information content (AvgIpc) is 2.75. The first kappa shape index (κ1) is 11.3. The van der Waals surface area contributed by atoms with E-state index in [1.807, 2.05) is 25.1 Å². The maximum Gasteiger partial charge on any atom is 0.138 e. The zero-order valence-corrected chi connectivity index (χ0v) is 11.3. The van der Waals surface area contributed by atoms with Crippen LogP contribution in [0.5, 0.6) is 5.75 Å². The maximum absolute atomic E-state index is 9.45. The molecule has 0 aliphatic heterocycles. The van der Waals surface area contributed by atoms with Crippen molar-refractivity contribution in [3.63, 3.8) is 0 Å². The number of aromatic amines is 1. The van der Waals surface area contributed by atoms with Gasteiger partial charge in [0, 0.05) is 16.1 Å².